The molecule has 5 rings (SSSR count). The number of aromatic nitrogens is 2. The summed E-state index contributed by atoms with van der Waals surface area (Å²) in [5, 5.41) is 14.1. The largest absolute Gasteiger partial charge is 0.410 e. The first-order chi connectivity index (χ1) is 11.9. The van der Waals surface area contributed by atoms with Gasteiger partial charge in [0.2, 0.25) is 0 Å². The zero-order valence-electron chi connectivity index (χ0n) is 12.7. The van der Waals surface area contributed by atoms with Crippen molar-refractivity contribution >= 4 is 16.6 Å². The molecule has 0 saturated heterocycles. The van der Waals surface area contributed by atoms with Crippen molar-refractivity contribution in [3.8, 4) is 16.8 Å². The predicted octanol–water partition coefficient (Wildman–Crippen LogP) is 4.23. The summed E-state index contributed by atoms with van der Waals surface area (Å²) < 4.78 is 2.06. The van der Waals surface area contributed by atoms with Gasteiger partial charge in [-0.1, -0.05) is 41.6 Å². The van der Waals surface area contributed by atoms with E-state index in [1.807, 2.05) is 54.9 Å². The molecule has 0 atom stereocenters. The lowest BCUT2D eigenvalue weighted by Gasteiger charge is -2.11. The molecule has 24 heavy (non-hydrogen) atoms. The lowest BCUT2D eigenvalue weighted by Crippen LogP contribution is -1.97. The van der Waals surface area contributed by atoms with Crippen LogP contribution in [0.15, 0.2) is 78.2 Å². The summed E-state index contributed by atoms with van der Waals surface area (Å²) in [6, 6.07) is 20.2. The molecular formula is C20H13N3O. The molecule has 3 heterocycles. The van der Waals surface area contributed by atoms with E-state index < -0.39 is 0 Å². The van der Waals surface area contributed by atoms with Gasteiger partial charge in [-0.3, -0.25) is 4.98 Å². The molecule has 4 heteroatoms. The molecule has 1 aliphatic rings. The Kier molecular flexibility index (Phi) is 2.61. The maximum Gasteiger partial charge on any atom is 0.135 e. The standard InChI is InChI=1S/C20H13N3O/c24-22-19-16-7-3-6-15(20(16)23-10-4-9-18(19)23)14-11-13-5-1-2-8-17(13)21-12-14/h1-12,24H. The Bertz CT molecular complexity index is 1120. The molecule has 0 fully saturated rings. The molecule has 1 aliphatic heterocycles. The zero-order chi connectivity index (χ0) is 16.1. The fourth-order valence-corrected chi connectivity index (χ4v) is 3.46. The van der Waals surface area contributed by atoms with Crippen LogP contribution in [0.5, 0.6) is 0 Å². The minimum Gasteiger partial charge on any atom is -0.410 e. The summed E-state index contributed by atoms with van der Waals surface area (Å²) >= 11 is 0. The quantitative estimate of drug-likeness (QED) is 0.372. The summed E-state index contributed by atoms with van der Waals surface area (Å²) in [4.78, 5) is 4.58. The van der Waals surface area contributed by atoms with Crippen LogP contribution in [-0.4, -0.2) is 20.5 Å². The van der Waals surface area contributed by atoms with Crippen LogP contribution < -0.4 is 0 Å². The van der Waals surface area contributed by atoms with Gasteiger partial charge >= 0.3 is 0 Å². The van der Waals surface area contributed by atoms with E-state index in [1.54, 1.807) is 0 Å². The highest BCUT2D eigenvalue weighted by Crippen LogP contribution is 2.37. The van der Waals surface area contributed by atoms with E-state index in [1.165, 1.54) is 0 Å². The Morgan fingerprint density at radius 3 is 2.71 bits per heavy atom. The number of hydrogen-bond donors (Lipinski definition) is 1. The van der Waals surface area contributed by atoms with Crippen molar-refractivity contribution < 1.29 is 5.21 Å². The van der Waals surface area contributed by atoms with Crippen LogP contribution in [0, 0.1) is 0 Å². The van der Waals surface area contributed by atoms with Crippen molar-refractivity contribution in [1.82, 2.24) is 9.55 Å². The number of nitrogens with zero attached hydrogens (tertiary/aromatic N) is 3. The van der Waals surface area contributed by atoms with Crippen LogP contribution in [0.1, 0.15) is 11.3 Å². The highest BCUT2D eigenvalue weighted by molar-refractivity contribution is 6.18. The number of fused-ring (bicyclic) bond motifs is 4. The molecule has 1 N–H and O–H groups in total. The van der Waals surface area contributed by atoms with Gasteiger partial charge < -0.3 is 9.77 Å². The van der Waals surface area contributed by atoms with Gasteiger partial charge in [-0.2, -0.15) is 0 Å². The predicted molar refractivity (Wildman–Crippen MR) is 93.9 cm³/mol. The van der Waals surface area contributed by atoms with E-state index in [0.717, 1.165) is 39.0 Å². The lowest BCUT2D eigenvalue weighted by atomic mass is 9.99. The zero-order valence-corrected chi connectivity index (χ0v) is 12.7. The number of oxime groups is 1. The normalized spacial score (nSPS) is 14.1. The third-order valence-electron chi connectivity index (χ3n) is 4.52. The number of pyridine rings is 1. The number of rotatable bonds is 1. The van der Waals surface area contributed by atoms with Gasteiger partial charge in [0, 0.05) is 34.5 Å². The monoisotopic (exact) mass is 311 g/mol. The van der Waals surface area contributed by atoms with Gasteiger partial charge in [0.25, 0.3) is 0 Å². The molecule has 114 valence electrons. The summed E-state index contributed by atoms with van der Waals surface area (Å²) in [7, 11) is 0. The number of para-hydroxylation sites is 2. The van der Waals surface area contributed by atoms with E-state index in [4.69, 9.17) is 0 Å². The van der Waals surface area contributed by atoms with Crippen molar-refractivity contribution in [3.63, 3.8) is 0 Å². The summed E-state index contributed by atoms with van der Waals surface area (Å²) in [6.07, 6.45) is 3.89. The fraction of sp³-hybridized carbons (Fsp3) is 0. The maximum absolute atomic E-state index is 9.44. The first-order valence-corrected chi connectivity index (χ1v) is 7.75. The number of benzene rings is 2. The Balaban J connectivity index is 1.81. The van der Waals surface area contributed by atoms with Crippen LogP contribution >= 0.6 is 0 Å². The molecule has 4 nitrogen and oxygen atoms in total. The van der Waals surface area contributed by atoms with Gasteiger partial charge in [-0.25, -0.2) is 0 Å². The molecule has 0 radical (unpaired) electrons. The molecule has 2 aromatic carbocycles. The van der Waals surface area contributed by atoms with Crippen molar-refractivity contribution in [2.24, 2.45) is 5.16 Å². The van der Waals surface area contributed by atoms with E-state index in [0.29, 0.717) is 5.71 Å². The smallest absolute Gasteiger partial charge is 0.135 e. The fourth-order valence-electron chi connectivity index (χ4n) is 3.46. The second-order valence-corrected chi connectivity index (χ2v) is 5.83. The van der Waals surface area contributed by atoms with E-state index in [-0.39, 0.29) is 0 Å². The minimum atomic E-state index is 0.602. The molecule has 2 aromatic heterocycles. The third-order valence-corrected chi connectivity index (χ3v) is 4.52. The van der Waals surface area contributed by atoms with Crippen molar-refractivity contribution in [1.29, 1.82) is 0 Å². The van der Waals surface area contributed by atoms with Gasteiger partial charge in [0.05, 0.1) is 16.9 Å². The van der Waals surface area contributed by atoms with Crippen LogP contribution in [-0.2, 0) is 0 Å². The van der Waals surface area contributed by atoms with E-state index in [9.17, 15) is 5.21 Å². The Morgan fingerprint density at radius 2 is 1.79 bits per heavy atom. The SMILES string of the molecule is ON=C1c2cccc(-c3cnc4ccccc4c3)c2-n2cccc21. The topological polar surface area (TPSA) is 50.4 Å². The van der Waals surface area contributed by atoms with Crippen LogP contribution in [0.25, 0.3) is 27.7 Å². The van der Waals surface area contributed by atoms with Crippen molar-refractivity contribution in [2.45, 2.75) is 0 Å². The minimum absolute atomic E-state index is 0.602. The Morgan fingerprint density at radius 1 is 0.917 bits per heavy atom. The number of hydrogen-bond acceptors (Lipinski definition) is 3. The van der Waals surface area contributed by atoms with E-state index in [2.05, 4.69) is 32.9 Å². The summed E-state index contributed by atoms with van der Waals surface area (Å²) in [5.41, 5.74) is 6.56. The molecule has 0 saturated carbocycles. The molecular weight excluding hydrogens is 298 g/mol. The van der Waals surface area contributed by atoms with Crippen LogP contribution in [0.3, 0.4) is 0 Å². The molecule has 0 unspecified atom stereocenters. The lowest BCUT2D eigenvalue weighted by molar-refractivity contribution is 0.319. The highest BCUT2D eigenvalue weighted by atomic mass is 16.4. The van der Waals surface area contributed by atoms with Crippen LogP contribution in [0.4, 0.5) is 0 Å². The second-order valence-electron chi connectivity index (χ2n) is 5.83. The molecule has 0 amide bonds. The first-order valence-electron chi connectivity index (χ1n) is 7.75. The Labute approximate surface area is 138 Å². The van der Waals surface area contributed by atoms with Crippen LogP contribution in [0.2, 0.25) is 0 Å². The van der Waals surface area contributed by atoms with Gasteiger partial charge in [-0.05, 0) is 24.3 Å². The molecule has 0 spiro atoms. The molecule has 0 bridgehead atoms. The van der Waals surface area contributed by atoms with Gasteiger partial charge in [0.1, 0.15) is 5.71 Å². The Hall–Kier alpha value is -3.40. The van der Waals surface area contributed by atoms with Gasteiger partial charge in [0.15, 0.2) is 0 Å². The molecule has 4 aromatic rings. The summed E-state index contributed by atoms with van der Waals surface area (Å²) in [5.74, 6) is 0. The van der Waals surface area contributed by atoms with E-state index >= 15 is 0 Å². The van der Waals surface area contributed by atoms with Crippen molar-refractivity contribution in [3.05, 3.63) is 84.3 Å². The molecule has 0 aliphatic carbocycles. The average Bonchev–Trinajstić information content (AvgIpc) is 3.21. The average molecular weight is 311 g/mol. The highest BCUT2D eigenvalue weighted by Gasteiger charge is 2.27. The maximum atomic E-state index is 9.44. The third kappa shape index (κ3) is 1.68. The first kappa shape index (κ1) is 13.1. The van der Waals surface area contributed by atoms with Crippen molar-refractivity contribution in [2.75, 3.05) is 0 Å². The van der Waals surface area contributed by atoms with Gasteiger partial charge in [-0.15, -0.1) is 0 Å². The second kappa shape index (κ2) is 4.80. The summed E-state index contributed by atoms with van der Waals surface area (Å²) in [6.45, 7) is 0.